The standard InChI is InChI=1S/C18H30O3S.C8H18O.Ca.2H/c1-2-3-4-5-6-7-8-9-10-11-14-17-15-12-13-16-18(17)22(19,20)21;1-2-3-4-5-6-7-8-9;;;/h12-13,15-16H,2-11,14H2,1H3,(H,19,20,21);9H,2-8H2,1H3;;;/q;;+2;2*-1. The molecule has 0 heterocycles. The van der Waals surface area contributed by atoms with Gasteiger partial charge in [-0.15, -0.1) is 0 Å². The second kappa shape index (κ2) is 24.5. The van der Waals surface area contributed by atoms with E-state index in [9.17, 15) is 13.0 Å². The average molecular weight is 499 g/mol. The molecular weight excluding hydrogens is 448 g/mol. The minimum Gasteiger partial charge on any atom is -1.00 e. The summed E-state index contributed by atoms with van der Waals surface area (Å²) < 4.78 is 31.8. The van der Waals surface area contributed by atoms with Gasteiger partial charge in [0.25, 0.3) is 10.1 Å². The van der Waals surface area contributed by atoms with Crippen molar-refractivity contribution < 1.29 is 20.9 Å². The van der Waals surface area contributed by atoms with E-state index < -0.39 is 10.1 Å². The summed E-state index contributed by atoms with van der Waals surface area (Å²) in [5, 5.41) is 8.42. The van der Waals surface area contributed by atoms with Crippen molar-refractivity contribution in [3.63, 3.8) is 0 Å². The number of aliphatic hydroxyl groups excluding tert-OH is 1. The van der Waals surface area contributed by atoms with E-state index in [1.54, 1.807) is 12.1 Å². The fourth-order valence-electron chi connectivity index (χ4n) is 3.66. The zero-order valence-corrected chi connectivity index (χ0v) is 23.9. The Morgan fingerprint density at radius 1 is 0.688 bits per heavy atom. The fourth-order valence-corrected chi connectivity index (χ4v) is 4.41. The first-order valence-electron chi connectivity index (χ1n) is 12.6. The van der Waals surface area contributed by atoms with Gasteiger partial charge in [0.1, 0.15) is 0 Å². The van der Waals surface area contributed by atoms with Gasteiger partial charge in [-0.1, -0.05) is 122 Å². The summed E-state index contributed by atoms with van der Waals surface area (Å²) in [5.41, 5.74) is 0.726. The minimum atomic E-state index is -4.10. The largest absolute Gasteiger partial charge is 2.00 e. The van der Waals surface area contributed by atoms with Crippen LogP contribution in [0.4, 0.5) is 0 Å². The molecule has 0 amide bonds. The Hall–Kier alpha value is 0.350. The van der Waals surface area contributed by atoms with Gasteiger partial charge in [-0.3, -0.25) is 4.55 Å². The van der Waals surface area contributed by atoms with Crippen molar-refractivity contribution in [2.45, 2.75) is 128 Å². The quantitative estimate of drug-likeness (QED) is 0.124. The molecule has 6 heteroatoms. The van der Waals surface area contributed by atoms with Crippen LogP contribution in [-0.2, 0) is 16.5 Å². The molecule has 0 saturated carbocycles. The van der Waals surface area contributed by atoms with E-state index in [1.807, 2.05) is 6.07 Å². The molecule has 2 N–H and O–H groups in total. The first kappa shape index (κ1) is 34.5. The molecule has 0 aliphatic heterocycles. The van der Waals surface area contributed by atoms with E-state index in [-0.39, 0.29) is 45.5 Å². The fraction of sp³-hybridized carbons (Fsp3) is 0.769. The Labute approximate surface area is 231 Å². The Morgan fingerprint density at radius 3 is 1.53 bits per heavy atom. The predicted octanol–water partition coefficient (Wildman–Crippen LogP) is 7.58. The number of benzene rings is 1. The smallest absolute Gasteiger partial charge is 1.00 e. The van der Waals surface area contributed by atoms with Crippen molar-refractivity contribution in [2.75, 3.05) is 6.61 Å². The summed E-state index contributed by atoms with van der Waals surface area (Å²) in [6, 6.07) is 6.73. The van der Waals surface area contributed by atoms with Crippen LogP contribution in [-0.4, -0.2) is 62.4 Å². The van der Waals surface area contributed by atoms with Crippen LogP contribution in [0.3, 0.4) is 0 Å². The Balaban J connectivity index is -0.000000323. The van der Waals surface area contributed by atoms with E-state index in [0.717, 1.165) is 24.8 Å². The number of hydrogen-bond acceptors (Lipinski definition) is 3. The molecule has 0 fully saturated rings. The van der Waals surface area contributed by atoms with Crippen molar-refractivity contribution in [2.24, 2.45) is 0 Å². The van der Waals surface area contributed by atoms with E-state index in [1.165, 1.54) is 89.5 Å². The molecule has 1 rings (SSSR count). The Kier molecular flexibility index (Phi) is 26.4. The van der Waals surface area contributed by atoms with Gasteiger partial charge in [0, 0.05) is 6.61 Å². The maximum Gasteiger partial charge on any atom is 2.00 e. The molecule has 4 nitrogen and oxygen atoms in total. The van der Waals surface area contributed by atoms with Crippen LogP contribution in [0.2, 0.25) is 0 Å². The van der Waals surface area contributed by atoms with Crippen LogP contribution in [0.1, 0.15) is 125 Å². The number of hydrogen-bond donors (Lipinski definition) is 2. The van der Waals surface area contributed by atoms with Gasteiger partial charge in [0.2, 0.25) is 0 Å². The molecular formula is C26H50CaO4S. The molecule has 0 aliphatic carbocycles. The maximum absolute atomic E-state index is 11.3. The number of aliphatic hydroxyl groups is 1. The van der Waals surface area contributed by atoms with Crippen LogP contribution in [0.15, 0.2) is 29.2 Å². The SMILES string of the molecule is CCCCCCCCCCCCc1ccccc1S(=O)(=O)O.CCCCCCCCO.[Ca+2].[H-].[H-]. The van der Waals surface area contributed by atoms with Crippen molar-refractivity contribution in [1.29, 1.82) is 0 Å². The Bertz CT molecular complexity index is 625. The molecule has 1 aromatic rings. The average Bonchev–Trinajstić information content (AvgIpc) is 2.75. The Morgan fingerprint density at radius 2 is 1.09 bits per heavy atom. The van der Waals surface area contributed by atoms with Gasteiger partial charge >= 0.3 is 37.7 Å². The summed E-state index contributed by atoms with van der Waals surface area (Å²) in [6.45, 7) is 4.82. The van der Waals surface area contributed by atoms with Crippen molar-refractivity contribution in [3.05, 3.63) is 29.8 Å². The molecule has 0 spiro atoms. The summed E-state index contributed by atoms with van der Waals surface area (Å²) in [5.74, 6) is 0. The summed E-state index contributed by atoms with van der Waals surface area (Å²) in [4.78, 5) is 0.0610. The van der Waals surface area contributed by atoms with Gasteiger partial charge < -0.3 is 7.96 Å². The molecule has 0 unspecified atom stereocenters. The minimum absolute atomic E-state index is 0. The number of unbranched alkanes of at least 4 members (excludes halogenated alkanes) is 14. The van der Waals surface area contributed by atoms with Crippen molar-refractivity contribution in [3.8, 4) is 0 Å². The second-order valence-electron chi connectivity index (χ2n) is 8.51. The molecule has 0 saturated heterocycles. The molecule has 186 valence electrons. The summed E-state index contributed by atoms with van der Waals surface area (Å²) >= 11 is 0. The molecule has 0 aliphatic rings. The van der Waals surface area contributed by atoms with Gasteiger partial charge in [-0.2, -0.15) is 8.42 Å². The van der Waals surface area contributed by atoms with E-state index in [4.69, 9.17) is 5.11 Å². The third-order valence-corrected chi connectivity index (χ3v) is 6.52. The van der Waals surface area contributed by atoms with E-state index >= 15 is 0 Å². The zero-order valence-electron chi connectivity index (χ0n) is 22.9. The number of rotatable bonds is 18. The number of aryl methyl sites for hydroxylation is 1. The third-order valence-electron chi connectivity index (χ3n) is 5.56. The van der Waals surface area contributed by atoms with Crippen LogP contribution >= 0.6 is 0 Å². The third kappa shape index (κ3) is 20.9. The van der Waals surface area contributed by atoms with Crippen LogP contribution in [0, 0.1) is 0 Å². The molecule has 32 heavy (non-hydrogen) atoms. The van der Waals surface area contributed by atoms with Gasteiger partial charge in [0.05, 0.1) is 4.90 Å². The molecule has 0 aromatic heterocycles. The van der Waals surface area contributed by atoms with Gasteiger partial charge in [-0.25, -0.2) is 0 Å². The van der Waals surface area contributed by atoms with Crippen LogP contribution < -0.4 is 0 Å². The topological polar surface area (TPSA) is 74.6 Å². The van der Waals surface area contributed by atoms with Crippen LogP contribution in [0.25, 0.3) is 0 Å². The van der Waals surface area contributed by atoms with E-state index in [0.29, 0.717) is 13.0 Å². The zero-order chi connectivity index (χ0) is 23.2. The second-order valence-corrected chi connectivity index (χ2v) is 9.90. The van der Waals surface area contributed by atoms with Crippen molar-refractivity contribution >= 4 is 47.9 Å². The molecule has 0 bridgehead atoms. The molecule has 0 atom stereocenters. The normalized spacial score (nSPS) is 10.9. The first-order valence-corrected chi connectivity index (χ1v) is 14.1. The summed E-state index contributed by atoms with van der Waals surface area (Å²) in [6.07, 6.45) is 20.8. The molecule has 1 aromatic carbocycles. The first-order chi connectivity index (χ1) is 15.0. The summed E-state index contributed by atoms with van der Waals surface area (Å²) in [7, 11) is -4.10. The van der Waals surface area contributed by atoms with E-state index in [2.05, 4.69) is 13.8 Å². The van der Waals surface area contributed by atoms with Gasteiger partial charge in [-0.05, 0) is 30.9 Å². The monoisotopic (exact) mass is 498 g/mol. The molecule has 0 radical (unpaired) electrons. The van der Waals surface area contributed by atoms with Crippen molar-refractivity contribution in [1.82, 2.24) is 0 Å². The predicted molar refractivity (Wildman–Crippen MR) is 140 cm³/mol. The van der Waals surface area contributed by atoms with Crippen LogP contribution in [0.5, 0.6) is 0 Å². The van der Waals surface area contributed by atoms with Gasteiger partial charge in [0.15, 0.2) is 0 Å². The maximum atomic E-state index is 11.3.